The molecule has 6 nitrogen and oxygen atoms in total. The minimum Gasteiger partial charge on any atom is -0.344 e. The van der Waals surface area contributed by atoms with Crippen LogP contribution in [0.3, 0.4) is 0 Å². The van der Waals surface area contributed by atoms with E-state index in [0.717, 1.165) is 29.3 Å². The summed E-state index contributed by atoms with van der Waals surface area (Å²) in [5.74, 6) is -3.43. The second-order valence-electron chi connectivity index (χ2n) is 9.36. The first-order valence-corrected chi connectivity index (χ1v) is 12.3. The molecular weight excluding hydrogens is 488 g/mol. The molecule has 0 unspecified atom stereocenters. The maximum absolute atomic E-state index is 13.7. The first-order valence-electron chi connectivity index (χ1n) is 12.3. The molecule has 4 rings (SSSR count). The van der Waals surface area contributed by atoms with E-state index in [0.29, 0.717) is 0 Å². The number of hydrogen-bond donors (Lipinski definition) is 2. The zero-order chi connectivity index (χ0) is 27.2. The fraction of sp³-hybridized carbons (Fsp3) is 0.233. The van der Waals surface area contributed by atoms with Gasteiger partial charge in [-0.25, -0.2) is 8.78 Å². The van der Waals surface area contributed by atoms with Crippen LogP contribution in [0.1, 0.15) is 35.6 Å². The van der Waals surface area contributed by atoms with Gasteiger partial charge in [-0.15, -0.1) is 0 Å². The third kappa shape index (κ3) is 6.32. The maximum Gasteiger partial charge on any atom is 0.246 e. The molecule has 0 bridgehead atoms. The molecule has 3 amide bonds. The number of hydrogen-bond acceptors (Lipinski definition) is 3. The molecule has 2 N–H and O–H groups in total. The van der Waals surface area contributed by atoms with Crippen LogP contribution in [0.5, 0.6) is 0 Å². The van der Waals surface area contributed by atoms with Crippen molar-refractivity contribution >= 4 is 17.7 Å². The Morgan fingerprint density at radius 3 is 2.08 bits per heavy atom. The third-order valence-electron chi connectivity index (χ3n) is 6.57. The van der Waals surface area contributed by atoms with Gasteiger partial charge in [-0.05, 0) is 35.7 Å². The number of rotatable bonds is 7. The highest BCUT2D eigenvalue weighted by Gasteiger charge is 2.37. The number of likely N-dealkylation sites (N-methyl/N-ethyl adjacent to an activating group) is 1. The smallest absolute Gasteiger partial charge is 0.246 e. The standard InChI is InChI=1S/C30H29F2N3O3/c1-19(33-27(36)17-20-15-23(31)18-24(32)16-20)29(37)34-28-25(21-9-5-3-6-10-21)13-14-26(35(2)30(28)38)22-11-7-4-8-12-22/h3-16,18-19,25-26,28H,17H2,1-2H3,(H,33,36)(H,34,37)/t19-,25+,26-,28-/m0/s1. The zero-order valence-electron chi connectivity index (χ0n) is 21.1. The molecule has 0 radical (unpaired) electrons. The van der Waals surface area contributed by atoms with E-state index in [9.17, 15) is 23.2 Å². The summed E-state index contributed by atoms with van der Waals surface area (Å²) in [6.07, 6.45) is 3.59. The molecule has 38 heavy (non-hydrogen) atoms. The van der Waals surface area contributed by atoms with Crippen LogP contribution in [0, 0.1) is 11.6 Å². The Kier molecular flexibility index (Phi) is 8.31. The predicted octanol–water partition coefficient (Wildman–Crippen LogP) is 4.05. The second kappa shape index (κ2) is 11.8. The number of carbonyl (C=O) groups excluding carboxylic acids is 3. The molecule has 0 saturated heterocycles. The van der Waals surface area contributed by atoms with Crippen LogP contribution in [0.15, 0.2) is 91.0 Å². The first-order chi connectivity index (χ1) is 18.2. The Morgan fingerprint density at radius 1 is 0.895 bits per heavy atom. The maximum atomic E-state index is 13.7. The molecule has 196 valence electrons. The van der Waals surface area contributed by atoms with Crippen molar-refractivity contribution in [3.05, 3.63) is 119 Å². The summed E-state index contributed by atoms with van der Waals surface area (Å²) in [5.41, 5.74) is 1.94. The molecule has 0 saturated carbocycles. The van der Waals surface area contributed by atoms with Crippen molar-refractivity contribution in [1.82, 2.24) is 15.5 Å². The minimum atomic E-state index is -0.993. The van der Waals surface area contributed by atoms with Crippen LogP contribution in [0.4, 0.5) is 8.78 Å². The lowest BCUT2D eigenvalue weighted by Gasteiger charge is -2.30. The van der Waals surface area contributed by atoms with Gasteiger partial charge in [0.05, 0.1) is 12.5 Å². The molecule has 1 aliphatic heterocycles. The molecule has 0 aromatic heterocycles. The van der Waals surface area contributed by atoms with E-state index < -0.39 is 41.5 Å². The van der Waals surface area contributed by atoms with E-state index in [1.807, 2.05) is 72.8 Å². The molecule has 3 aromatic carbocycles. The highest BCUT2D eigenvalue weighted by molar-refractivity contribution is 5.93. The molecule has 4 atom stereocenters. The van der Waals surface area contributed by atoms with Gasteiger partial charge in [0.25, 0.3) is 0 Å². The van der Waals surface area contributed by atoms with Gasteiger partial charge in [-0.3, -0.25) is 14.4 Å². The number of benzene rings is 3. The van der Waals surface area contributed by atoms with E-state index in [-0.39, 0.29) is 23.9 Å². The van der Waals surface area contributed by atoms with Crippen LogP contribution in [0.25, 0.3) is 0 Å². The Morgan fingerprint density at radius 2 is 1.47 bits per heavy atom. The highest BCUT2D eigenvalue weighted by atomic mass is 19.1. The van der Waals surface area contributed by atoms with Crippen molar-refractivity contribution in [2.45, 2.75) is 37.4 Å². The Balaban J connectivity index is 1.52. The van der Waals surface area contributed by atoms with Gasteiger partial charge >= 0.3 is 0 Å². The monoisotopic (exact) mass is 517 g/mol. The second-order valence-corrected chi connectivity index (χ2v) is 9.36. The van der Waals surface area contributed by atoms with Crippen LogP contribution in [-0.4, -0.2) is 41.8 Å². The summed E-state index contributed by atoms with van der Waals surface area (Å²) in [7, 11) is 1.69. The lowest BCUT2D eigenvalue weighted by Crippen LogP contribution is -2.54. The quantitative estimate of drug-likeness (QED) is 0.464. The molecule has 1 heterocycles. The van der Waals surface area contributed by atoms with Gasteiger partial charge in [0, 0.05) is 19.0 Å². The van der Waals surface area contributed by atoms with Crippen molar-refractivity contribution < 1.29 is 23.2 Å². The Hall–Kier alpha value is -4.33. The molecule has 1 aliphatic rings. The molecule has 0 spiro atoms. The van der Waals surface area contributed by atoms with Gasteiger partial charge in [0.2, 0.25) is 17.7 Å². The fourth-order valence-corrected chi connectivity index (χ4v) is 4.63. The summed E-state index contributed by atoms with van der Waals surface area (Å²) >= 11 is 0. The van der Waals surface area contributed by atoms with E-state index in [2.05, 4.69) is 10.6 Å². The van der Waals surface area contributed by atoms with E-state index in [4.69, 9.17) is 0 Å². The normalized spacial score (nSPS) is 19.9. The number of nitrogens with zero attached hydrogens (tertiary/aromatic N) is 1. The van der Waals surface area contributed by atoms with Gasteiger partial charge in [0.15, 0.2) is 0 Å². The third-order valence-corrected chi connectivity index (χ3v) is 6.57. The molecule has 0 fully saturated rings. The molecule has 3 aromatic rings. The van der Waals surface area contributed by atoms with Crippen molar-refractivity contribution in [3.63, 3.8) is 0 Å². The largest absolute Gasteiger partial charge is 0.344 e. The first kappa shape index (κ1) is 26.7. The number of halogens is 2. The summed E-state index contributed by atoms with van der Waals surface area (Å²) in [4.78, 5) is 40.9. The van der Waals surface area contributed by atoms with Gasteiger partial charge < -0.3 is 15.5 Å². The topological polar surface area (TPSA) is 78.5 Å². The molecular formula is C30H29F2N3O3. The summed E-state index contributed by atoms with van der Waals surface area (Å²) < 4.78 is 26.9. The lowest BCUT2D eigenvalue weighted by molar-refractivity contribution is -0.137. The van der Waals surface area contributed by atoms with Crippen molar-refractivity contribution in [2.75, 3.05) is 7.05 Å². The molecule has 0 aliphatic carbocycles. The minimum absolute atomic E-state index is 0.148. The van der Waals surface area contributed by atoms with E-state index in [1.54, 1.807) is 11.9 Å². The summed E-state index contributed by atoms with van der Waals surface area (Å²) in [6.45, 7) is 1.49. The van der Waals surface area contributed by atoms with Crippen LogP contribution >= 0.6 is 0 Å². The van der Waals surface area contributed by atoms with Gasteiger partial charge in [-0.2, -0.15) is 0 Å². The van der Waals surface area contributed by atoms with E-state index in [1.165, 1.54) is 6.92 Å². The van der Waals surface area contributed by atoms with Gasteiger partial charge in [0.1, 0.15) is 23.7 Å². The zero-order valence-corrected chi connectivity index (χ0v) is 21.1. The highest BCUT2D eigenvalue weighted by Crippen LogP contribution is 2.32. The number of amides is 3. The van der Waals surface area contributed by atoms with Crippen LogP contribution in [-0.2, 0) is 20.8 Å². The molecule has 8 heteroatoms. The summed E-state index contributed by atoms with van der Waals surface area (Å²) in [6, 6.07) is 19.6. The van der Waals surface area contributed by atoms with Gasteiger partial charge in [-0.1, -0.05) is 72.8 Å². The fourth-order valence-electron chi connectivity index (χ4n) is 4.63. The lowest BCUT2D eigenvalue weighted by atomic mass is 9.90. The van der Waals surface area contributed by atoms with Crippen LogP contribution < -0.4 is 10.6 Å². The van der Waals surface area contributed by atoms with Crippen molar-refractivity contribution in [2.24, 2.45) is 0 Å². The Bertz CT molecular complexity index is 1310. The summed E-state index contributed by atoms with van der Waals surface area (Å²) in [5, 5.41) is 5.38. The number of carbonyl (C=O) groups is 3. The SMILES string of the molecule is C[C@H](NC(=O)Cc1cc(F)cc(F)c1)C(=O)N[C@@H]1C(=O)N(C)[C@H](c2ccccc2)C=C[C@@H]1c1ccccc1. The average molecular weight is 518 g/mol. The average Bonchev–Trinajstić information content (AvgIpc) is 3.01. The Labute approximate surface area is 220 Å². The van der Waals surface area contributed by atoms with Crippen molar-refractivity contribution in [1.29, 1.82) is 0 Å². The van der Waals surface area contributed by atoms with Crippen molar-refractivity contribution in [3.8, 4) is 0 Å². The van der Waals surface area contributed by atoms with E-state index >= 15 is 0 Å². The number of nitrogens with one attached hydrogen (secondary N) is 2. The predicted molar refractivity (Wildman–Crippen MR) is 140 cm³/mol. The van der Waals surface area contributed by atoms with Crippen LogP contribution in [0.2, 0.25) is 0 Å².